The molecule has 0 saturated carbocycles. The fourth-order valence-electron chi connectivity index (χ4n) is 6.93. The number of hydrogen-bond donors (Lipinski definition) is 0. The van der Waals surface area contributed by atoms with Gasteiger partial charge < -0.3 is 0 Å². The van der Waals surface area contributed by atoms with Crippen LogP contribution < -0.4 is 0 Å². The number of aromatic nitrogens is 3. The summed E-state index contributed by atoms with van der Waals surface area (Å²) in [5.41, 5.74) is 12.1. The first-order valence-corrected chi connectivity index (χ1v) is 17.5. The van der Waals surface area contributed by atoms with E-state index in [9.17, 15) is 0 Å². The summed E-state index contributed by atoms with van der Waals surface area (Å²) in [6.45, 7) is 0. The molecule has 52 heavy (non-hydrogen) atoms. The van der Waals surface area contributed by atoms with Gasteiger partial charge in [0.25, 0.3) is 0 Å². The van der Waals surface area contributed by atoms with Gasteiger partial charge in [0.05, 0.1) is 0 Å². The van der Waals surface area contributed by atoms with Gasteiger partial charge in [-0.3, -0.25) is 0 Å². The largest absolute Gasteiger partial charge is 0.208 e. The molecule has 0 amide bonds. The summed E-state index contributed by atoms with van der Waals surface area (Å²) in [5.74, 6) is 1.93. The van der Waals surface area contributed by atoms with E-state index in [1.807, 2.05) is 60.7 Å². The van der Waals surface area contributed by atoms with Crippen LogP contribution in [0.25, 0.3) is 89.4 Å². The zero-order chi connectivity index (χ0) is 34.7. The summed E-state index contributed by atoms with van der Waals surface area (Å²) >= 11 is 0. The van der Waals surface area contributed by atoms with E-state index in [-0.39, 0.29) is 0 Å². The summed E-state index contributed by atoms with van der Waals surface area (Å²) in [5, 5.41) is 2.43. The second kappa shape index (κ2) is 13.7. The highest BCUT2D eigenvalue weighted by atomic mass is 15.0. The quantitative estimate of drug-likeness (QED) is 0.170. The molecule has 0 atom stereocenters. The first-order chi connectivity index (χ1) is 25.8. The molecular weight excluding hydrogens is 631 g/mol. The van der Waals surface area contributed by atoms with Crippen LogP contribution in [0, 0.1) is 0 Å². The van der Waals surface area contributed by atoms with Crippen molar-refractivity contribution < 1.29 is 0 Å². The van der Waals surface area contributed by atoms with E-state index in [0.717, 1.165) is 27.8 Å². The fraction of sp³-hybridized carbons (Fsp3) is 0. The van der Waals surface area contributed by atoms with Crippen LogP contribution in [-0.4, -0.2) is 15.0 Å². The van der Waals surface area contributed by atoms with Gasteiger partial charge in [0.1, 0.15) is 0 Å². The van der Waals surface area contributed by atoms with E-state index in [2.05, 4.69) is 140 Å². The second-order valence-electron chi connectivity index (χ2n) is 12.9. The van der Waals surface area contributed by atoms with Gasteiger partial charge in [0.2, 0.25) is 0 Å². The molecule has 9 aromatic rings. The minimum Gasteiger partial charge on any atom is -0.208 e. The molecule has 1 aromatic heterocycles. The van der Waals surface area contributed by atoms with Crippen LogP contribution >= 0.6 is 0 Å². The zero-order valence-corrected chi connectivity index (χ0v) is 28.4. The van der Waals surface area contributed by atoms with Crippen LogP contribution in [0.3, 0.4) is 0 Å². The van der Waals surface area contributed by atoms with Crippen LogP contribution in [0.2, 0.25) is 0 Å². The van der Waals surface area contributed by atoms with E-state index in [0.29, 0.717) is 17.5 Å². The number of hydrogen-bond acceptors (Lipinski definition) is 3. The summed E-state index contributed by atoms with van der Waals surface area (Å²) in [7, 11) is 0. The van der Waals surface area contributed by atoms with E-state index in [1.165, 1.54) is 44.2 Å². The van der Waals surface area contributed by atoms with Gasteiger partial charge in [-0.05, 0) is 67.4 Å². The zero-order valence-electron chi connectivity index (χ0n) is 28.4. The van der Waals surface area contributed by atoms with Crippen LogP contribution in [0.1, 0.15) is 0 Å². The van der Waals surface area contributed by atoms with Crippen LogP contribution in [-0.2, 0) is 0 Å². The maximum absolute atomic E-state index is 5.03. The molecule has 0 saturated heterocycles. The van der Waals surface area contributed by atoms with Gasteiger partial charge in [0.15, 0.2) is 17.5 Å². The average Bonchev–Trinajstić information content (AvgIpc) is 3.24. The van der Waals surface area contributed by atoms with Crippen molar-refractivity contribution >= 4 is 10.8 Å². The van der Waals surface area contributed by atoms with E-state index >= 15 is 0 Å². The lowest BCUT2D eigenvalue weighted by Crippen LogP contribution is -2.00. The predicted octanol–water partition coefficient (Wildman–Crippen LogP) is 12.7. The molecular formula is C49H33N3. The molecule has 0 bridgehead atoms. The Morgan fingerprint density at radius 1 is 0.231 bits per heavy atom. The Morgan fingerprint density at radius 2 is 0.654 bits per heavy atom. The molecule has 0 aliphatic heterocycles. The second-order valence-corrected chi connectivity index (χ2v) is 12.9. The summed E-state index contributed by atoms with van der Waals surface area (Å²) in [6.07, 6.45) is 0. The molecule has 0 spiro atoms. The number of benzene rings is 8. The highest BCUT2D eigenvalue weighted by Gasteiger charge is 2.17. The maximum Gasteiger partial charge on any atom is 0.164 e. The lowest BCUT2D eigenvalue weighted by atomic mass is 9.86. The standard InChI is InChI=1S/C49H33N3/c1-4-14-34(15-5-1)36-26-29-37(30-27-36)44-24-13-25-45(46(44)42-31-28-35-16-10-11-21-40(35)32-42)41-22-12-23-43(33-41)49-51-47(38-17-6-2-7-18-38)50-48(52-49)39-19-8-3-9-20-39/h1-33H. The van der Waals surface area contributed by atoms with Crippen LogP contribution in [0.5, 0.6) is 0 Å². The highest BCUT2D eigenvalue weighted by molar-refractivity contribution is 5.98. The molecule has 3 nitrogen and oxygen atoms in total. The van der Waals surface area contributed by atoms with Crippen LogP contribution in [0.4, 0.5) is 0 Å². The molecule has 0 fully saturated rings. The monoisotopic (exact) mass is 663 g/mol. The Balaban J connectivity index is 1.21. The first kappa shape index (κ1) is 31.0. The maximum atomic E-state index is 5.03. The Labute approximate surface area is 303 Å². The molecule has 0 radical (unpaired) electrons. The Morgan fingerprint density at radius 3 is 1.29 bits per heavy atom. The van der Waals surface area contributed by atoms with Gasteiger partial charge in [-0.1, -0.05) is 188 Å². The normalized spacial score (nSPS) is 11.1. The third-order valence-corrected chi connectivity index (χ3v) is 9.54. The van der Waals surface area contributed by atoms with Crippen molar-refractivity contribution in [2.75, 3.05) is 0 Å². The van der Waals surface area contributed by atoms with Crippen molar-refractivity contribution in [2.45, 2.75) is 0 Å². The summed E-state index contributed by atoms with van der Waals surface area (Å²) < 4.78 is 0. The minimum atomic E-state index is 0.634. The molecule has 9 rings (SSSR count). The third-order valence-electron chi connectivity index (χ3n) is 9.54. The molecule has 0 N–H and O–H groups in total. The lowest BCUT2D eigenvalue weighted by Gasteiger charge is -2.18. The molecule has 1 heterocycles. The highest BCUT2D eigenvalue weighted by Crippen LogP contribution is 2.42. The first-order valence-electron chi connectivity index (χ1n) is 17.5. The van der Waals surface area contributed by atoms with Gasteiger partial charge >= 0.3 is 0 Å². The molecule has 8 aromatic carbocycles. The van der Waals surface area contributed by atoms with Crippen LogP contribution in [0.15, 0.2) is 200 Å². The average molecular weight is 664 g/mol. The predicted molar refractivity (Wildman–Crippen MR) is 215 cm³/mol. The van der Waals surface area contributed by atoms with Crippen molar-refractivity contribution in [3.8, 4) is 78.7 Å². The Kier molecular flexibility index (Phi) is 8.20. The van der Waals surface area contributed by atoms with Gasteiger partial charge in [0, 0.05) is 16.7 Å². The molecule has 0 aliphatic rings. The number of fused-ring (bicyclic) bond motifs is 1. The van der Waals surface area contributed by atoms with Crippen molar-refractivity contribution in [3.05, 3.63) is 200 Å². The van der Waals surface area contributed by atoms with E-state index < -0.39 is 0 Å². The summed E-state index contributed by atoms with van der Waals surface area (Å²) in [4.78, 5) is 15.0. The van der Waals surface area contributed by atoms with Crippen molar-refractivity contribution in [2.24, 2.45) is 0 Å². The molecule has 3 heteroatoms. The summed E-state index contributed by atoms with van der Waals surface area (Å²) in [6, 6.07) is 70.2. The fourth-order valence-corrected chi connectivity index (χ4v) is 6.93. The SMILES string of the molecule is c1ccc(-c2ccc(-c3cccc(-c4cccc(-c5nc(-c6ccccc6)nc(-c6ccccc6)n5)c4)c3-c3ccc4ccccc4c3)cc2)cc1. The number of rotatable bonds is 7. The molecule has 0 aliphatic carbocycles. The topological polar surface area (TPSA) is 38.7 Å². The van der Waals surface area contributed by atoms with Gasteiger partial charge in [-0.25, -0.2) is 15.0 Å². The smallest absolute Gasteiger partial charge is 0.164 e. The van der Waals surface area contributed by atoms with Crippen molar-refractivity contribution in [3.63, 3.8) is 0 Å². The van der Waals surface area contributed by atoms with E-state index in [4.69, 9.17) is 15.0 Å². The molecule has 244 valence electrons. The van der Waals surface area contributed by atoms with Crippen molar-refractivity contribution in [1.29, 1.82) is 0 Å². The van der Waals surface area contributed by atoms with Crippen molar-refractivity contribution in [1.82, 2.24) is 15.0 Å². The van der Waals surface area contributed by atoms with Gasteiger partial charge in [-0.2, -0.15) is 0 Å². The third kappa shape index (κ3) is 6.17. The minimum absolute atomic E-state index is 0.634. The van der Waals surface area contributed by atoms with E-state index in [1.54, 1.807) is 0 Å². The molecule has 0 unspecified atom stereocenters. The van der Waals surface area contributed by atoms with Gasteiger partial charge in [-0.15, -0.1) is 0 Å². The number of nitrogens with zero attached hydrogens (tertiary/aromatic N) is 3. The Hall–Kier alpha value is -6.97. The lowest BCUT2D eigenvalue weighted by molar-refractivity contribution is 1.07. The Bertz CT molecular complexity index is 2590.